The Morgan fingerprint density at radius 1 is 1.50 bits per heavy atom. The second-order valence-corrected chi connectivity index (χ2v) is 3.11. The number of hydrogen-bond acceptors (Lipinski definition) is 4. The summed E-state index contributed by atoms with van der Waals surface area (Å²) in [6.45, 7) is 0.0180. The number of esters is 1. The molecule has 0 aliphatic rings. The summed E-state index contributed by atoms with van der Waals surface area (Å²) in [5, 5.41) is 2.72. The van der Waals surface area contributed by atoms with Gasteiger partial charge in [-0.05, 0) is 19.2 Å². The lowest BCUT2D eigenvalue weighted by Crippen LogP contribution is -2.40. The highest BCUT2D eigenvalue weighted by molar-refractivity contribution is 5.75. The van der Waals surface area contributed by atoms with E-state index in [2.05, 4.69) is 10.1 Å². The van der Waals surface area contributed by atoms with Crippen LogP contribution in [0.15, 0.2) is 24.3 Å². The SMILES string of the molecule is CNC(COc1ccccc1F)C(=O)OC. The van der Waals surface area contributed by atoms with Gasteiger partial charge in [-0.2, -0.15) is 0 Å². The number of benzene rings is 1. The van der Waals surface area contributed by atoms with Crippen LogP contribution in [-0.4, -0.2) is 32.8 Å². The van der Waals surface area contributed by atoms with Gasteiger partial charge in [-0.25, -0.2) is 4.39 Å². The van der Waals surface area contributed by atoms with Gasteiger partial charge >= 0.3 is 5.97 Å². The number of hydrogen-bond donors (Lipinski definition) is 1. The van der Waals surface area contributed by atoms with E-state index in [4.69, 9.17) is 4.74 Å². The molecule has 0 fully saturated rings. The topological polar surface area (TPSA) is 47.6 Å². The summed E-state index contributed by atoms with van der Waals surface area (Å²) in [5.41, 5.74) is 0. The van der Waals surface area contributed by atoms with Gasteiger partial charge in [-0.15, -0.1) is 0 Å². The highest BCUT2D eigenvalue weighted by atomic mass is 19.1. The molecule has 1 aromatic carbocycles. The van der Waals surface area contributed by atoms with Crippen LogP contribution in [0.2, 0.25) is 0 Å². The zero-order valence-corrected chi connectivity index (χ0v) is 9.20. The molecule has 0 radical (unpaired) electrons. The number of carbonyl (C=O) groups excluding carboxylic acids is 1. The van der Waals surface area contributed by atoms with Crippen molar-refractivity contribution in [2.75, 3.05) is 20.8 Å². The van der Waals surface area contributed by atoms with Crippen LogP contribution in [0, 0.1) is 5.82 Å². The first kappa shape index (κ1) is 12.4. The average molecular weight is 227 g/mol. The van der Waals surface area contributed by atoms with E-state index in [0.29, 0.717) is 0 Å². The molecule has 0 aliphatic heterocycles. The number of nitrogens with one attached hydrogen (secondary N) is 1. The second kappa shape index (κ2) is 6.07. The van der Waals surface area contributed by atoms with Gasteiger partial charge in [-0.1, -0.05) is 12.1 Å². The van der Waals surface area contributed by atoms with Crippen molar-refractivity contribution in [2.45, 2.75) is 6.04 Å². The molecule has 1 unspecified atom stereocenters. The lowest BCUT2D eigenvalue weighted by Gasteiger charge is -2.14. The lowest BCUT2D eigenvalue weighted by atomic mass is 10.3. The van der Waals surface area contributed by atoms with E-state index in [1.54, 1.807) is 19.2 Å². The summed E-state index contributed by atoms with van der Waals surface area (Å²) in [5.74, 6) is -0.785. The first-order valence-corrected chi connectivity index (χ1v) is 4.81. The summed E-state index contributed by atoms with van der Waals surface area (Å²) in [4.78, 5) is 11.2. The predicted molar refractivity (Wildman–Crippen MR) is 56.8 cm³/mol. The Morgan fingerprint density at radius 2 is 2.19 bits per heavy atom. The van der Waals surface area contributed by atoms with Crippen molar-refractivity contribution in [3.63, 3.8) is 0 Å². The first-order valence-electron chi connectivity index (χ1n) is 4.81. The third kappa shape index (κ3) is 3.20. The van der Waals surface area contributed by atoms with Crippen LogP contribution in [0.1, 0.15) is 0 Å². The molecular weight excluding hydrogens is 213 g/mol. The largest absolute Gasteiger partial charge is 0.488 e. The highest BCUT2D eigenvalue weighted by Gasteiger charge is 2.18. The quantitative estimate of drug-likeness (QED) is 0.761. The number of carbonyl (C=O) groups is 1. The van der Waals surface area contributed by atoms with E-state index in [1.165, 1.54) is 19.2 Å². The van der Waals surface area contributed by atoms with E-state index >= 15 is 0 Å². The third-order valence-electron chi connectivity index (χ3n) is 2.08. The summed E-state index contributed by atoms with van der Waals surface area (Å²) in [7, 11) is 2.89. The lowest BCUT2D eigenvalue weighted by molar-refractivity contribution is -0.143. The van der Waals surface area contributed by atoms with Crippen LogP contribution in [-0.2, 0) is 9.53 Å². The van der Waals surface area contributed by atoms with Crippen LogP contribution in [0.3, 0.4) is 0 Å². The van der Waals surface area contributed by atoms with E-state index in [0.717, 1.165) is 0 Å². The van der Waals surface area contributed by atoms with Gasteiger partial charge in [0.2, 0.25) is 0 Å². The minimum atomic E-state index is -0.607. The van der Waals surface area contributed by atoms with Crippen molar-refractivity contribution in [2.24, 2.45) is 0 Å². The van der Waals surface area contributed by atoms with Gasteiger partial charge in [0, 0.05) is 0 Å². The second-order valence-electron chi connectivity index (χ2n) is 3.11. The average Bonchev–Trinajstić information content (AvgIpc) is 2.31. The minimum absolute atomic E-state index is 0.0180. The maximum Gasteiger partial charge on any atom is 0.326 e. The van der Waals surface area contributed by atoms with E-state index < -0.39 is 17.8 Å². The van der Waals surface area contributed by atoms with Crippen molar-refractivity contribution >= 4 is 5.97 Å². The van der Waals surface area contributed by atoms with Crippen molar-refractivity contribution in [3.05, 3.63) is 30.1 Å². The van der Waals surface area contributed by atoms with Crippen LogP contribution in [0.25, 0.3) is 0 Å². The fourth-order valence-corrected chi connectivity index (χ4v) is 1.15. The monoisotopic (exact) mass is 227 g/mol. The molecular formula is C11H14FNO3. The predicted octanol–water partition coefficient (Wildman–Crippen LogP) is 0.965. The Morgan fingerprint density at radius 3 is 2.75 bits per heavy atom. The van der Waals surface area contributed by atoms with E-state index in [1.807, 2.05) is 0 Å². The first-order chi connectivity index (χ1) is 7.69. The molecule has 4 nitrogen and oxygen atoms in total. The fraction of sp³-hybridized carbons (Fsp3) is 0.364. The Balaban J connectivity index is 2.56. The number of ether oxygens (including phenoxy) is 2. The van der Waals surface area contributed by atoms with Gasteiger partial charge < -0.3 is 14.8 Å². The van der Waals surface area contributed by atoms with Gasteiger partial charge in [-0.3, -0.25) is 4.79 Å². The Kier molecular flexibility index (Phi) is 4.72. The molecule has 1 atom stereocenters. The van der Waals surface area contributed by atoms with Crippen molar-refractivity contribution in [1.82, 2.24) is 5.32 Å². The molecule has 1 rings (SSSR count). The number of para-hydroxylation sites is 1. The minimum Gasteiger partial charge on any atom is -0.488 e. The van der Waals surface area contributed by atoms with E-state index in [-0.39, 0.29) is 12.4 Å². The standard InChI is InChI=1S/C11H14FNO3/c1-13-9(11(14)15-2)7-16-10-6-4-3-5-8(10)12/h3-6,9,13H,7H2,1-2H3. The molecule has 0 aromatic heterocycles. The molecule has 0 spiro atoms. The smallest absolute Gasteiger partial charge is 0.326 e. The van der Waals surface area contributed by atoms with Gasteiger partial charge in [0.05, 0.1) is 7.11 Å². The molecule has 1 N–H and O–H groups in total. The Hall–Kier alpha value is -1.62. The molecule has 1 aromatic rings. The van der Waals surface area contributed by atoms with Gasteiger partial charge in [0.1, 0.15) is 12.6 Å². The molecule has 0 saturated carbocycles. The fourth-order valence-electron chi connectivity index (χ4n) is 1.15. The third-order valence-corrected chi connectivity index (χ3v) is 2.08. The highest BCUT2D eigenvalue weighted by Crippen LogP contribution is 2.15. The number of likely N-dealkylation sites (N-methyl/N-ethyl adjacent to an activating group) is 1. The van der Waals surface area contributed by atoms with Gasteiger partial charge in [0.15, 0.2) is 11.6 Å². The summed E-state index contributed by atoms with van der Waals surface area (Å²) >= 11 is 0. The summed E-state index contributed by atoms with van der Waals surface area (Å²) < 4.78 is 22.9. The van der Waals surface area contributed by atoms with Crippen LogP contribution in [0.5, 0.6) is 5.75 Å². The molecule has 16 heavy (non-hydrogen) atoms. The molecule has 5 heteroatoms. The van der Waals surface area contributed by atoms with Gasteiger partial charge in [0.25, 0.3) is 0 Å². The zero-order chi connectivity index (χ0) is 12.0. The van der Waals surface area contributed by atoms with Crippen LogP contribution >= 0.6 is 0 Å². The molecule has 0 aliphatic carbocycles. The van der Waals surface area contributed by atoms with Crippen molar-refractivity contribution < 1.29 is 18.7 Å². The molecule has 0 heterocycles. The molecule has 0 amide bonds. The number of halogens is 1. The Labute approximate surface area is 93.4 Å². The number of rotatable bonds is 5. The molecule has 0 saturated heterocycles. The maximum atomic E-state index is 13.2. The summed E-state index contributed by atoms with van der Waals surface area (Å²) in [6.07, 6.45) is 0. The van der Waals surface area contributed by atoms with Crippen molar-refractivity contribution in [3.8, 4) is 5.75 Å². The maximum absolute atomic E-state index is 13.2. The summed E-state index contributed by atoms with van der Waals surface area (Å²) in [6, 6.07) is 5.41. The van der Waals surface area contributed by atoms with E-state index in [9.17, 15) is 9.18 Å². The Bertz CT molecular complexity index is 357. The normalized spacial score (nSPS) is 11.9. The van der Waals surface area contributed by atoms with Crippen LogP contribution in [0.4, 0.5) is 4.39 Å². The molecule has 88 valence electrons. The molecule has 0 bridgehead atoms. The van der Waals surface area contributed by atoms with Crippen LogP contribution < -0.4 is 10.1 Å². The number of methoxy groups -OCH3 is 1. The van der Waals surface area contributed by atoms with Crippen molar-refractivity contribution in [1.29, 1.82) is 0 Å². The zero-order valence-electron chi connectivity index (χ0n) is 9.20.